The molecule has 1 fully saturated rings. The highest BCUT2D eigenvalue weighted by atomic mass is 79.9. The minimum Gasteiger partial charge on any atom is -0.393 e. The molecule has 0 aliphatic heterocycles. The van der Waals surface area contributed by atoms with Gasteiger partial charge >= 0.3 is 0 Å². The van der Waals surface area contributed by atoms with Gasteiger partial charge in [-0.15, -0.1) is 0 Å². The van der Waals surface area contributed by atoms with Gasteiger partial charge in [0.2, 0.25) is 0 Å². The van der Waals surface area contributed by atoms with E-state index in [0.717, 1.165) is 36.0 Å². The van der Waals surface area contributed by atoms with E-state index in [4.69, 9.17) is 0 Å². The summed E-state index contributed by atoms with van der Waals surface area (Å²) in [7, 11) is 0. The number of aliphatic hydroxyl groups excluding tert-OH is 1. The van der Waals surface area contributed by atoms with Gasteiger partial charge in [0.25, 0.3) is 0 Å². The maximum atomic E-state index is 9.39. The molecule has 2 rings (SSSR count). The Morgan fingerprint density at radius 2 is 2.33 bits per heavy atom. The van der Waals surface area contributed by atoms with Crippen molar-refractivity contribution in [1.29, 1.82) is 0 Å². The maximum absolute atomic E-state index is 9.39. The van der Waals surface area contributed by atoms with Crippen molar-refractivity contribution in [3.63, 3.8) is 0 Å². The van der Waals surface area contributed by atoms with Crippen LogP contribution in [0.5, 0.6) is 0 Å². The summed E-state index contributed by atoms with van der Waals surface area (Å²) in [6.07, 6.45) is 6.49. The Bertz CT molecular complexity index is 332. The molecule has 2 unspecified atom stereocenters. The minimum atomic E-state index is -0.0857. The number of hydrogen-bond acceptors (Lipinski definition) is 3. The first kappa shape index (κ1) is 10.9. The van der Waals surface area contributed by atoms with Crippen LogP contribution in [0, 0.1) is 5.92 Å². The Morgan fingerprint density at radius 3 is 3.00 bits per heavy atom. The van der Waals surface area contributed by atoms with Gasteiger partial charge in [0.05, 0.1) is 18.0 Å². The van der Waals surface area contributed by atoms with Crippen molar-refractivity contribution in [2.45, 2.75) is 25.4 Å². The van der Waals surface area contributed by atoms with Crippen LogP contribution >= 0.6 is 15.9 Å². The van der Waals surface area contributed by atoms with Crippen molar-refractivity contribution in [2.24, 2.45) is 5.92 Å². The Labute approximate surface area is 98.0 Å². The van der Waals surface area contributed by atoms with E-state index < -0.39 is 0 Å². The monoisotopic (exact) mass is 270 g/mol. The van der Waals surface area contributed by atoms with Gasteiger partial charge in [0.15, 0.2) is 0 Å². The summed E-state index contributed by atoms with van der Waals surface area (Å²) in [5.41, 5.74) is 1.03. The molecule has 1 aliphatic rings. The molecule has 2 N–H and O–H groups in total. The second-order valence-electron chi connectivity index (χ2n) is 4.11. The van der Waals surface area contributed by atoms with Crippen LogP contribution in [-0.2, 0) is 0 Å². The fraction of sp³-hybridized carbons (Fsp3) is 0.545. The predicted molar refractivity (Wildman–Crippen MR) is 63.8 cm³/mol. The van der Waals surface area contributed by atoms with Gasteiger partial charge in [-0.25, -0.2) is 0 Å². The number of nitrogens with zero attached hydrogens (tertiary/aromatic N) is 1. The zero-order valence-corrected chi connectivity index (χ0v) is 10.1. The highest BCUT2D eigenvalue weighted by Gasteiger charge is 2.22. The van der Waals surface area contributed by atoms with E-state index in [1.54, 1.807) is 6.20 Å². The first-order valence-corrected chi connectivity index (χ1v) is 6.06. The van der Waals surface area contributed by atoms with Gasteiger partial charge in [-0.3, -0.25) is 4.98 Å². The van der Waals surface area contributed by atoms with Crippen LogP contribution in [0.4, 0.5) is 5.69 Å². The van der Waals surface area contributed by atoms with Crippen molar-refractivity contribution < 1.29 is 5.11 Å². The lowest BCUT2D eigenvalue weighted by Crippen LogP contribution is -2.12. The van der Waals surface area contributed by atoms with Crippen LogP contribution in [0.2, 0.25) is 0 Å². The molecular formula is C11H15BrN2O. The molecule has 2 atom stereocenters. The summed E-state index contributed by atoms with van der Waals surface area (Å²) in [5, 5.41) is 12.7. The second kappa shape index (κ2) is 4.94. The molecule has 1 aromatic heterocycles. The van der Waals surface area contributed by atoms with E-state index in [0.29, 0.717) is 5.92 Å². The number of aromatic nitrogens is 1. The highest BCUT2D eigenvalue weighted by molar-refractivity contribution is 9.10. The molecule has 0 aromatic carbocycles. The molecule has 1 aliphatic carbocycles. The summed E-state index contributed by atoms with van der Waals surface area (Å²) in [5.74, 6) is 0.596. The quantitative estimate of drug-likeness (QED) is 0.887. The molecule has 15 heavy (non-hydrogen) atoms. The molecular weight excluding hydrogens is 256 g/mol. The molecule has 1 heterocycles. The van der Waals surface area contributed by atoms with E-state index in [2.05, 4.69) is 26.2 Å². The van der Waals surface area contributed by atoms with Crippen LogP contribution < -0.4 is 5.32 Å². The van der Waals surface area contributed by atoms with Gasteiger partial charge in [0.1, 0.15) is 0 Å². The second-order valence-corrected chi connectivity index (χ2v) is 5.02. The molecule has 0 saturated heterocycles. The Balaban J connectivity index is 1.83. The Hall–Kier alpha value is -0.610. The molecule has 1 saturated carbocycles. The lowest BCUT2D eigenvalue weighted by molar-refractivity contribution is 0.178. The van der Waals surface area contributed by atoms with Crippen LogP contribution in [0.15, 0.2) is 22.9 Å². The molecule has 3 nitrogen and oxygen atoms in total. The third-order valence-corrected chi connectivity index (χ3v) is 3.25. The van der Waals surface area contributed by atoms with Crippen molar-refractivity contribution in [2.75, 3.05) is 11.9 Å². The zero-order valence-electron chi connectivity index (χ0n) is 8.49. The zero-order chi connectivity index (χ0) is 10.7. The van der Waals surface area contributed by atoms with Crippen molar-refractivity contribution in [1.82, 2.24) is 4.98 Å². The first-order chi connectivity index (χ1) is 7.24. The number of hydrogen-bond donors (Lipinski definition) is 2. The molecule has 0 radical (unpaired) electrons. The largest absolute Gasteiger partial charge is 0.393 e. The van der Waals surface area contributed by atoms with Crippen molar-refractivity contribution in [3.8, 4) is 0 Å². The molecule has 0 amide bonds. The van der Waals surface area contributed by atoms with E-state index in [1.807, 2.05) is 12.3 Å². The van der Waals surface area contributed by atoms with Gasteiger partial charge in [-0.05, 0) is 47.2 Å². The molecule has 82 valence electrons. The van der Waals surface area contributed by atoms with Crippen molar-refractivity contribution in [3.05, 3.63) is 22.9 Å². The lowest BCUT2D eigenvalue weighted by Gasteiger charge is -2.11. The SMILES string of the molecule is OC1CCC(CNc2cncc(Br)c2)C1. The highest BCUT2D eigenvalue weighted by Crippen LogP contribution is 2.25. The summed E-state index contributed by atoms with van der Waals surface area (Å²) < 4.78 is 0.985. The standard InChI is InChI=1S/C11H15BrN2O/c12-9-4-10(7-13-6-9)14-5-8-1-2-11(15)3-8/h4,6-8,11,14-15H,1-3,5H2. The molecule has 0 spiro atoms. The normalized spacial score (nSPS) is 25.5. The minimum absolute atomic E-state index is 0.0857. The first-order valence-electron chi connectivity index (χ1n) is 5.26. The number of anilines is 1. The summed E-state index contributed by atoms with van der Waals surface area (Å²) in [4.78, 5) is 4.09. The number of rotatable bonds is 3. The van der Waals surface area contributed by atoms with Crippen LogP contribution in [0.1, 0.15) is 19.3 Å². The van der Waals surface area contributed by atoms with E-state index in [9.17, 15) is 5.11 Å². The topological polar surface area (TPSA) is 45.1 Å². The lowest BCUT2D eigenvalue weighted by atomic mass is 10.1. The van der Waals surface area contributed by atoms with Crippen LogP contribution in [-0.4, -0.2) is 22.7 Å². The fourth-order valence-electron chi connectivity index (χ4n) is 2.00. The van der Waals surface area contributed by atoms with Gasteiger partial charge in [-0.1, -0.05) is 0 Å². The Kier molecular flexibility index (Phi) is 3.59. The summed E-state index contributed by atoms with van der Waals surface area (Å²) in [6, 6.07) is 2.01. The molecule has 1 aromatic rings. The maximum Gasteiger partial charge on any atom is 0.0543 e. The number of aliphatic hydroxyl groups is 1. The summed E-state index contributed by atoms with van der Waals surface area (Å²) >= 11 is 3.38. The number of halogens is 1. The van der Waals surface area contributed by atoms with Crippen LogP contribution in [0.25, 0.3) is 0 Å². The average molecular weight is 271 g/mol. The van der Waals surface area contributed by atoms with Gasteiger partial charge in [0, 0.05) is 17.2 Å². The predicted octanol–water partition coefficient (Wildman–Crippen LogP) is 2.42. The third-order valence-electron chi connectivity index (χ3n) is 2.81. The van der Waals surface area contributed by atoms with Crippen molar-refractivity contribution >= 4 is 21.6 Å². The van der Waals surface area contributed by atoms with Crippen LogP contribution in [0.3, 0.4) is 0 Å². The van der Waals surface area contributed by atoms with Gasteiger partial charge in [-0.2, -0.15) is 0 Å². The van der Waals surface area contributed by atoms with Gasteiger partial charge < -0.3 is 10.4 Å². The summed E-state index contributed by atoms with van der Waals surface area (Å²) in [6.45, 7) is 0.926. The molecule has 0 bridgehead atoms. The fourth-order valence-corrected chi connectivity index (χ4v) is 2.37. The van der Waals surface area contributed by atoms with E-state index in [1.165, 1.54) is 0 Å². The molecule has 4 heteroatoms. The average Bonchev–Trinajstić information content (AvgIpc) is 2.62. The third kappa shape index (κ3) is 3.18. The van der Waals surface area contributed by atoms with E-state index in [-0.39, 0.29) is 6.10 Å². The van der Waals surface area contributed by atoms with E-state index >= 15 is 0 Å². The smallest absolute Gasteiger partial charge is 0.0543 e. The Morgan fingerprint density at radius 1 is 1.47 bits per heavy atom. The number of pyridine rings is 1. The number of nitrogens with one attached hydrogen (secondary N) is 1.